The van der Waals surface area contributed by atoms with Crippen LogP contribution in [0.4, 0.5) is 0 Å². The van der Waals surface area contributed by atoms with Crippen LogP contribution in [0.3, 0.4) is 0 Å². The molecule has 24 heavy (non-hydrogen) atoms. The van der Waals surface area contributed by atoms with E-state index in [1.165, 1.54) is 9.71 Å². The third-order valence-corrected chi connectivity index (χ3v) is 5.91. The molecule has 3 rings (SSSR count). The lowest BCUT2D eigenvalue weighted by Crippen LogP contribution is -2.52. The maximum atomic E-state index is 12.4. The van der Waals surface area contributed by atoms with Gasteiger partial charge in [-0.15, -0.1) is 0 Å². The number of rotatable bonds is 4. The normalized spacial score (nSPS) is 23.0. The minimum absolute atomic E-state index is 0.00984. The van der Waals surface area contributed by atoms with Gasteiger partial charge in [0, 0.05) is 38.2 Å². The van der Waals surface area contributed by atoms with Gasteiger partial charge in [-0.3, -0.25) is 4.79 Å². The molecule has 0 aromatic heterocycles. The summed E-state index contributed by atoms with van der Waals surface area (Å²) in [6.07, 6.45) is 2.93. The van der Waals surface area contributed by atoms with E-state index >= 15 is 0 Å². The van der Waals surface area contributed by atoms with E-state index < -0.39 is 10.0 Å². The van der Waals surface area contributed by atoms with Crippen LogP contribution < -0.4 is 0 Å². The molecule has 1 unspecified atom stereocenters. The quantitative estimate of drug-likeness (QED) is 0.821. The Kier molecular flexibility index (Phi) is 5.33. The zero-order valence-electron chi connectivity index (χ0n) is 13.5. The van der Waals surface area contributed by atoms with Gasteiger partial charge in [-0.1, -0.05) is 30.3 Å². The van der Waals surface area contributed by atoms with Gasteiger partial charge in [0.25, 0.3) is 5.91 Å². The van der Waals surface area contributed by atoms with E-state index in [9.17, 15) is 13.2 Å². The van der Waals surface area contributed by atoms with Crippen LogP contribution in [0.2, 0.25) is 0 Å². The van der Waals surface area contributed by atoms with Gasteiger partial charge < -0.3 is 9.64 Å². The molecule has 7 heteroatoms. The van der Waals surface area contributed by atoms with Gasteiger partial charge >= 0.3 is 0 Å². The monoisotopic (exact) mass is 350 g/mol. The summed E-state index contributed by atoms with van der Waals surface area (Å²) < 4.78 is 31.6. The summed E-state index contributed by atoms with van der Waals surface area (Å²) >= 11 is 0. The van der Waals surface area contributed by atoms with E-state index in [0.717, 1.165) is 18.4 Å². The summed E-state index contributed by atoms with van der Waals surface area (Å²) in [5.74, 6) is -0.00984. The molecule has 1 aromatic carbocycles. The summed E-state index contributed by atoms with van der Waals surface area (Å²) in [5.41, 5.74) is 0.841. The van der Waals surface area contributed by atoms with Crippen molar-refractivity contribution in [3.05, 3.63) is 41.3 Å². The molecule has 0 aliphatic carbocycles. The number of hydrogen-bond acceptors (Lipinski definition) is 4. The molecule has 1 atom stereocenters. The summed E-state index contributed by atoms with van der Waals surface area (Å²) in [5, 5.41) is 1.24. The fraction of sp³-hybridized carbons (Fsp3) is 0.471. The van der Waals surface area contributed by atoms with Gasteiger partial charge in [-0.2, -0.15) is 4.31 Å². The molecular formula is C17H22N2O4S. The summed E-state index contributed by atoms with van der Waals surface area (Å²) in [4.78, 5) is 14.0. The van der Waals surface area contributed by atoms with E-state index in [2.05, 4.69) is 0 Å². The number of piperazine rings is 1. The summed E-state index contributed by atoms with van der Waals surface area (Å²) in [6, 6.07) is 9.31. The first-order valence-corrected chi connectivity index (χ1v) is 9.70. The van der Waals surface area contributed by atoms with Gasteiger partial charge in [0.15, 0.2) is 0 Å². The number of hydrogen-bond donors (Lipinski definition) is 0. The molecule has 2 aliphatic heterocycles. The van der Waals surface area contributed by atoms with Crippen LogP contribution in [-0.2, 0) is 19.6 Å². The fourth-order valence-electron chi connectivity index (χ4n) is 2.95. The lowest BCUT2D eigenvalue weighted by atomic mass is 10.2. The number of ether oxygens (including phenoxy) is 1. The standard InChI is InChI=1S/C17H22N2O4S/c20-17(16-7-4-13-23-16)18-9-11-19(12-10-18)24(21,22)14-8-15-5-2-1-3-6-15/h1-3,5-6,8,14,16H,4,7,9-13H2/b14-8+. The summed E-state index contributed by atoms with van der Waals surface area (Å²) in [7, 11) is -3.47. The average Bonchev–Trinajstić information content (AvgIpc) is 3.15. The Hall–Kier alpha value is -1.70. The minimum atomic E-state index is -3.47. The Labute approximate surface area is 142 Å². The highest BCUT2D eigenvalue weighted by atomic mass is 32.2. The molecule has 1 amide bonds. The van der Waals surface area contributed by atoms with Gasteiger partial charge in [0.1, 0.15) is 6.10 Å². The van der Waals surface area contributed by atoms with E-state index in [1.54, 1.807) is 11.0 Å². The Bertz CT molecular complexity index is 689. The third-order valence-electron chi connectivity index (χ3n) is 4.35. The molecular weight excluding hydrogens is 328 g/mol. The van der Waals surface area contributed by atoms with Crippen LogP contribution in [-0.4, -0.2) is 62.4 Å². The predicted molar refractivity (Wildman–Crippen MR) is 91.5 cm³/mol. The fourth-order valence-corrected chi connectivity index (χ4v) is 4.13. The highest BCUT2D eigenvalue weighted by Gasteiger charge is 2.32. The smallest absolute Gasteiger partial charge is 0.251 e. The van der Waals surface area contributed by atoms with Crippen LogP contribution in [0, 0.1) is 0 Å². The van der Waals surface area contributed by atoms with Crippen molar-refractivity contribution in [3.8, 4) is 0 Å². The number of benzene rings is 1. The molecule has 0 saturated carbocycles. The first-order chi connectivity index (χ1) is 11.6. The molecule has 1 aromatic rings. The van der Waals surface area contributed by atoms with Crippen LogP contribution in [0.1, 0.15) is 18.4 Å². The van der Waals surface area contributed by atoms with Crippen LogP contribution in [0.5, 0.6) is 0 Å². The maximum Gasteiger partial charge on any atom is 0.251 e. The third kappa shape index (κ3) is 4.03. The van der Waals surface area contributed by atoms with Gasteiger partial charge in [0.05, 0.1) is 0 Å². The van der Waals surface area contributed by atoms with Crippen molar-refractivity contribution in [1.82, 2.24) is 9.21 Å². The van der Waals surface area contributed by atoms with E-state index in [0.29, 0.717) is 32.8 Å². The number of amides is 1. The second kappa shape index (κ2) is 7.46. The van der Waals surface area contributed by atoms with Crippen LogP contribution >= 0.6 is 0 Å². The van der Waals surface area contributed by atoms with Crippen LogP contribution in [0.15, 0.2) is 35.7 Å². The van der Waals surface area contributed by atoms with Crippen molar-refractivity contribution < 1.29 is 17.9 Å². The van der Waals surface area contributed by atoms with Crippen molar-refractivity contribution in [1.29, 1.82) is 0 Å². The summed E-state index contributed by atoms with van der Waals surface area (Å²) in [6.45, 7) is 2.10. The zero-order valence-corrected chi connectivity index (χ0v) is 14.3. The Morgan fingerprint density at radius 2 is 1.83 bits per heavy atom. The van der Waals surface area contributed by atoms with Crippen molar-refractivity contribution >= 4 is 22.0 Å². The van der Waals surface area contributed by atoms with Crippen molar-refractivity contribution in [2.45, 2.75) is 18.9 Å². The SMILES string of the molecule is O=C(C1CCCO1)N1CCN(S(=O)(=O)/C=C/c2ccccc2)CC1. The lowest BCUT2D eigenvalue weighted by molar-refractivity contribution is -0.142. The number of carbonyl (C=O) groups is 1. The number of carbonyl (C=O) groups excluding carboxylic acids is 1. The van der Waals surface area contributed by atoms with Gasteiger partial charge in [-0.05, 0) is 24.5 Å². The first-order valence-electron chi connectivity index (χ1n) is 8.20. The maximum absolute atomic E-state index is 12.4. The highest BCUT2D eigenvalue weighted by Crippen LogP contribution is 2.17. The Morgan fingerprint density at radius 1 is 1.12 bits per heavy atom. The molecule has 2 heterocycles. The topological polar surface area (TPSA) is 66.9 Å². The molecule has 0 radical (unpaired) electrons. The molecule has 2 aliphatic rings. The predicted octanol–water partition coefficient (Wildman–Crippen LogP) is 1.31. The molecule has 6 nitrogen and oxygen atoms in total. The van der Waals surface area contributed by atoms with E-state index in [4.69, 9.17) is 4.74 Å². The van der Waals surface area contributed by atoms with Gasteiger partial charge in [0.2, 0.25) is 10.0 Å². The van der Waals surface area contributed by atoms with Crippen LogP contribution in [0.25, 0.3) is 6.08 Å². The van der Waals surface area contributed by atoms with Gasteiger partial charge in [-0.25, -0.2) is 8.42 Å². The van der Waals surface area contributed by atoms with Crippen molar-refractivity contribution in [3.63, 3.8) is 0 Å². The molecule has 0 spiro atoms. The van der Waals surface area contributed by atoms with Crippen molar-refractivity contribution in [2.24, 2.45) is 0 Å². The van der Waals surface area contributed by atoms with Crippen molar-refractivity contribution in [2.75, 3.05) is 32.8 Å². The zero-order chi connectivity index (χ0) is 17.0. The Balaban J connectivity index is 1.57. The second-order valence-electron chi connectivity index (χ2n) is 5.98. The minimum Gasteiger partial charge on any atom is -0.368 e. The first kappa shape index (κ1) is 17.1. The molecule has 0 N–H and O–H groups in total. The lowest BCUT2D eigenvalue weighted by Gasteiger charge is -2.34. The molecule has 130 valence electrons. The number of nitrogens with zero attached hydrogens (tertiary/aromatic N) is 2. The van der Waals surface area contributed by atoms with E-state index in [1.807, 2.05) is 30.3 Å². The second-order valence-corrected chi connectivity index (χ2v) is 7.80. The number of sulfonamides is 1. The largest absolute Gasteiger partial charge is 0.368 e. The highest BCUT2D eigenvalue weighted by molar-refractivity contribution is 7.92. The Morgan fingerprint density at radius 3 is 2.46 bits per heavy atom. The molecule has 2 fully saturated rings. The molecule has 0 bridgehead atoms. The average molecular weight is 350 g/mol. The molecule has 2 saturated heterocycles. The van der Waals surface area contributed by atoms with E-state index in [-0.39, 0.29) is 12.0 Å².